The molecule has 0 N–H and O–H groups in total. The molecule has 2 aliphatic carbocycles. The molecule has 8 nitrogen and oxygen atoms in total. The van der Waals surface area contributed by atoms with Crippen molar-refractivity contribution in [3.8, 4) is 11.5 Å². The van der Waals surface area contributed by atoms with E-state index in [0.29, 0.717) is 68.6 Å². The van der Waals surface area contributed by atoms with E-state index in [4.69, 9.17) is 9.47 Å². The Labute approximate surface area is 333 Å². The summed E-state index contributed by atoms with van der Waals surface area (Å²) in [5.74, 6) is -0.631. The third kappa shape index (κ3) is 7.48. The molecule has 7 rings (SSSR count). The van der Waals surface area contributed by atoms with Gasteiger partial charge in [0.1, 0.15) is 45.6 Å². The quantitative estimate of drug-likeness (QED) is 0.0462. The van der Waals surface area contributed by atoms with Gasteiger partial charge in [0.05, 0.1) is 11.1 Å². The summed E-state index contributed by atoms with van der Waals surface area (Å²) in [6, 6.07) is 31.7. The van der Waals surface area contributed by atoms with Crippen molar-refractivity contribution < 1.29 is 19.1 Å². The fraction of sp³-hybridized carbons (Fsp3) is 0.163. The molecule has 286 valence electrons. The lowest BCUT2D eigenvalue weighted by molar-refractivity contribution is 0.0732. The van der Waals surface area contributed by atoms with Gasteiger partial charge in [-0.25, -0.2) is 9.59 Å². The smallest absolute Gasteiger partial charge is 0.343 e. The molecule has 0 radical (unpaired) electrons. The summed E-state index contributed by atoms with van der Waals surface area (Å²) in [7, 11) is 0. The van der Waals surface area contributed by atoms with Crippen molar-refractivity contribution in [1.29, 1.82) is 0 Å². The van der Waals surface area contributed by atoms with E-state index in [1.165, 1.54) is 6.07 Å². The molecule has 0 bridgehead atoms. The number of quaternary nitrogens is 2. The number of hydrogen-bond donors (Lipinski definition) is 0. The number of carbonyl (C=O) groups excluding carboxylic acids is 2. The monoisotopic (exact) mass is 756 g/mol. The van der Waals surface area contributed by atoms with Gasteiger partial charge in [-0.1, -0.05) is 61.5 Å². The van der Waals surface area contributed by atoms with Gasteiger partial charge in [0.15, 0.2) is 0 Å². The van der Waals surface area contributed by atoms with Gasteiger partial charge in [-0.15, -0.1) is 5.73 Å². The van der Waals surface area contributed by atoms with Crippen LogP contribution in [0.2, 0.25) is 0 Å². The minimum Gasteiger partial charge on any atom is -0.617 e. The minimum absolute atomic E-state index is 0.0213. The molecule has 0 saturated heterocycles. The molecule has 57 heavy (non-hydrogen) atoms. The molecule has 8 heteroatoms. The summed E-state index contributed by atoms with van der Waals surface area (Å²) in [5.41, 5.74) is 9.27. The van der Waals surface area contributed by atoms with Crippen molar-refractivity contribution in [2.24, 2.45) is 5.92 Å². The maximum atomic E-state index is 15.1. The summed E-state index contributed by atoms with van der Waals surface area (Å²) in [6.07, 6.45) is 12.5. The van der Waals surface area contributed by atoms with Crippen molar-refractivity contribution in [3.63, 3.8) is 0 Å². The molecule has 0 fully saturated rings. The fourth-order valence-corrected chi connectivity index (χ4v) is 7.65. The highest BCUT2D eigenvalue weighted by Gasteiger charge is 2.35. The van der Waals surface area contributed by atoms with Crippen LogP contribution in [0.4, 0.5) is 22.7 Å². The van der Waals surface area contributed by atoms with Crippen LogP contribution in [0.15, 0.2) is 163 Å². The molecule has 0 spiro atoms. The van der Waals surface area contributed by atoms with Gasteiger partial charge in [0, 0.05) is 66.9 Å². The zero-order valence-corrected chi connectivity index (χ0v) is 32.7. The third-order valence-corrected chi connectivity index (χ3v) is 10.5. The second kappa shape index (κ2) is 16.0. The van der Waals surface area contributed by atoms with Crippen LogP contribution in [-0.4, -0.2) is 11.9 Å². The Morgan fingerprint density at radius 3 is 1.60 bits per heavy atom. The van der Waals surface area contributed by atoms with E-state index in [-0.39, 0.29) is 17.0 Å². The van der Waals surface area contributed by atoms with Crippen molar-refractivity contribution >= 4 is 34.7 Å². The predicted octanol–water partition coefficient (Wildman–Crippen LogP) is 12.1. The number of carbonyl (C=O) groups is 2. The Balaban J connectivity index is 1.13. The average molecular weight is 757 g/mol. The highest BCUT2D eigenvalue weighted by atomic mass is 16.6. The molecule has 5 aromatic carbocycles. The first-order valence-corrected chi connectivity index (χ1v) is 19.0. The first kappa shape index (κ1) is 38.9. The van der Waals surface area contributed by atoms with Gasteiger partial charge in [0.2, 0.25) is 0 Å². The summed E-state index contributed by atoms with van der Waals surface area (Å²) in [5, 5.41) is 29.9. The summed E-state index contributed by atoms with van der Waals surface area (Å²) >= 11 is 0. The van der Waals surface area contributed by atoms with Crippen LogP contribution < -0.4 is 18.8 Å². The van der Waals surface area contributed by atoms with Gasteiger partial charge in [-0.3, -0.25) is 9.29 Å². The van der Waals surface area contributed by atoms with Gasteiger partial charge in [-0.2, -0.15) is 0 Å². The largest absolute Gasteiger partial charge is 0.617 e. The van der Waals surface area contributed by atoms with Gasteiger partial charge in [-0.05, 0) is 92.8 Å². The molecular formula is C49H44N2O6. The van der Waals surface area contributed by atoms with Crippen LogP contribution >= 0.6 is 0 Å². The van der Waals surface area contributed by atoms with Crippen molar-refractivity contribution in [3.05, 3.63) is 207 Å². The van der Waals surface area contributed by atoms with E-state index >= 15 is 5.21 Å². The third-order valence-electron chi connectivity index (χ3n) is 10.5. The van der Waals surface area contributed by atoms with Crippen LogP contribution in [0, 0.1) is 44.0 Å². The maximum absolute atomic E-state index is 15.1. The van der Waals surface area contributed by atoms with Crippen LogP contribution in [-0.2, 0) is 0 Å². The number of benzene rings is 5. The Kier molecular flexibility index (Phi) is 10.9. The fourth-order valence-electron chi connectivity index (χ4n) is 7.65. The summed E-state index contributed by atoms with van der Waals surface area (Å²) in [6.45, 7) is 9.27. The number of aryl methyl sites for hydroxylation is 4. The maximum Gasteiger partial charge on any atom is 0.343 e. The predicted molar refractivity (Wildman–Crippen MR) is 227 cm³/mol. The number of rotatable bonds is 10. The number of nitrogens with zero attached hydrogens (tertiary/aromatic N) is 2. The number of hydrogen-bond acceptors (Lipinski definition) is 6. The molecule has 0 aromatic heterocycles. The molecule has 2 aliphatic rings. The number of allylic oxidation sites excluding steroid dienone is 6. The second-order valence-electron chi connectivity index (χ2n) is 14.6. The van der Waals surface area contributed by atoms with E-state index in [2.05, 4.69) is 18.7 Å². The van der Waals surface area contributed by atoms with Gasteiger partial charge >= 0.3 is 11.9 Å². The van der Waals surface area contributed by atoms with E-state index < -0.39 is 21.2 Å². The van der Waals surface area contributed by atoms with Crippen LogP contribution in [0.3, 0.4) is 0 Å². The molecule has 3 unspecified atom stereocenters. The molecule has 0 heterocycles. The van der Waals surface area contributed by atoms with E-state index in [1.807, 2.05) is 80.6 Å². The average Bonchev–Trinajstić information content (AvgIpc) is 3.23. The van der Waals surface area contributed by atoms with Crippen molar-refractivity contribution in [1.82, 2.24) is 9.29 Å². The number of para-hydroxylation sites is 2. The zero-order valence-electron chi connectivity index (χ0n) is 32.7. The van der Waals surface area contributed by atoms with Crippen molar-refractivity contribution in [2.45, 2.75) is 47.5 Å². The van der Waals surface area contributed by atoms with E-state index in [1.54, 1.807) is 80.6 Å². The number of hydroxylamine groups is 2. The van der Waals surface area contributed by atoms with Crippen LogP contribution in [0.5, 0.6) is 11.5 Å². The number of esters is 2. The molecule has 3 atom stereocenters. The summed E-state index contributed by atoms with van der Waals surface area (Å²) in [4.78, 5) is 27.2. The normalized spacial score (nSPS) is 16.9. The second-order valence-corrected chi connectivity index (χ2v) is 14.6. The van der Waals surface area contributed by atoms with E-state index in [9.17, 15) is 14.8 Å². The van der Waals surface area contributed by atoms with E-state index in [0.717, 1.165) is 12.1 Å². The Bertz CT molecular complexity index is 2480. The molecule has 0 amide bonds. The lowest BCUT2D eigenvalue weighted by Crippen LogP contribution is -2.39. The first-order valence-electron chi connectivity index (χ1n) is 19.0. The zero-order chi connectivity index (χ0) is 40.3. The van der Waals surface area contributed by atoms with Crippen LogP contribution in [0.1, 0.15) is 62.7 Å². The Hall–Kier alpha value is -6.38. The highest BCUT2D eigenvalue weighted by Crippen LogP contribution is 2.46. The highest BCUT2D eigenvalue weighted by molar-refractivity contribution is 5.97. The lowest BCUT2D eigenvalue weighted by atomic mass is 9.95. The summed E-state index contributed by atoms with van der Waals surface area (Å²) < 4.78 is 10.3. The van der Waals surface area contributed by atoms with Gasteiger partial charge in [0.25, 0.3) is 0 Å². The van der Waals surface area contributed by atoms with Gasteiger partial charge < -0.3 is 19.9 Å². The topological polar surface area (TPSA) is 98.7 Å². The Morgan fingerprint density at radius 2 is 1.12 bits per heavy atom. The minimum atomic E-state index is -0.796. The Morgan fingerprint density at radius 1 is 0.632 bits per heavy atom. The molecular weight excluding hydrogens is 713 g/mol. The molecule has 0 aliphatic heterocycles. The van der Waals surface area contributed by atoms with Crippen molar-refractivity contribution in [2.75, 3.05) is 0 Å². The molecule has 5 aromatic rings. The standard InChI is InChI=1S/C49H44N2O6/c1-33-18-15-16-27-45(33)51(55,42-25-13-8-14-26-42)44-30-36(4)47(37(5)31-44)57-49(53)39-20-17-19-38(32-39)48(52)56-46-34(2)28-43(29-35(46)3)50(54,40-21-9-6-10-22-40)41-23-11-7-12-24-41/h6,8-17,19-23,25-33H,18,24H2,1-5H3. The van der Waals surface area contributed by atoms with Crippen LogP contribution in [0.25, 0.3) is 0 Å². The lowest BCUT2D eigenvalue weighted by Gasteiger charge is -2.45. The number of ether oxygens (including phenoxy) is 2. The first-order chi connectivity index (χ1) is 27.4. The SMILES string of the molecule is Cc1cc([N+]([O-])(C2=CC=C=CC2)c2ccccc2)cc(C)c1OC(=O)c1cccc(C(=O)Oc2c(C)cc([N+]([O-])(C3=CC=CCC3C)c3ccccc3)cc2C)c1. The molecule has 0 saturated carbocycles.